The van der Waals surface area contributed by atoms with E-state index in [9.17, 15) is 0 Å². The monoisotopic (exact) mass is 308 g/mol. The largest absolute Gasteiger partial charge is 0.379 e. The fourth-order valence-electron chi connectivity index (χ4n) is 7.36. The molecular formula is C20H24N2O. The molecular weight excluding hydrogens is 284 g/mol. The third-order valence-corrected chi connectivity index (χ3v) is 8.09. The van der Waals surface area contributed by atoms with Gasteiger partial charge in [0.05, 0.1) is 18.8 Å². The van der Waals surface area contributed by atoms with Crippen molar-refractivity contribution in [1.29, 1.82) is 0 Å². The molecule has 6 aliphatic rings. The van der Waals surface area contributed by atoms with E-state index in [0.29, 0.717) is 24.1 Å². The summed E-state index contributed by atoms with van der Waals surface area (Å²) in [4.78, 5) is 2.60. The zero-order chi connectivity index (χ0) is 15.4. The second-order valence-electron chi connectivity index (χ2n) is 8.45. The summed E-state index contributed by atoms with van der Waals surface area (Å²) in [7, 11) is 2.31. The van der Waals surface area contributed by atoms with Crippen molar-refractivity contribution in [1.82, 2.24) is 4.90 Å². The van der Waals surface area contributed by atoms with Crippen molar-refractivity contribution in [2.24, 2.45) is 17.3 Å². The van der Waals surface area contributed by atoms with Gasteiger partial charge in [-0.1, -0.05) is 24.3 Å². The minimum absolute atomic E-state index is 0.174. The highest BCUT2D eigenvalue weighted by Gasteiger charge is 2.75. The Hall–Kier alpha value is -1.32. The number of benzene rings is 1. The van der Waals surface area contributed by atoms with Crippen LogP contribution in [0.15, 0.2) is 36.9 Å². The summed E-state index contributed by atoms with van der Waals surface area (Å²) in [5.74, 6) is 1.42. The van der Waals surface area contributed by atoms with Gasteiger partial charge in [0, 0.05) is 35.0 Å². The number of hydrogen-bond acceptors (Lipinski definition) is 3. The summed E-state index contributed by atoms with van der Waals surface area (Å²) in [5, 5.41) is 3.88. The van der Waals surface area contributed by atoms with Gasteiger partial charge < -0.3 is 15.0 Å². The van der Waals surface area contributed by atoms with Crippen molar-refractivity contribution in [3.05, 3.63) is 42.5 Å². The Balaban J connectivity index is 1.68. The molecule has 2 saturated carbocycles. The van der Waals surface area contributed by atoms with E-state index < -0.39 is 0 Å². The Kier molecular flexibility index (Phi) is 2.17. The van der Waals surface area contributed by atoms with E-state index in [1.807, 2.05) is 0 Å². The van der Waals surface area contributed by atoms with E-state index in [2.05, 4.69) is 54.2 Å². The van der Waals surface area contributed by atoms with Gasteiger partial charge in [-0.3, -0.25) is 0 Å². The maximum atomic E-state index is 6.39. The molecule has 1 aromatic rings. The minimum Gasteiger partial charge on any atom is -0.379 e. The van der Waals surface area contributed by atoms with Gasteiger partial charge in [0.2, 0.25) is 0 Å². The van der Waals surface area contributed by atoms with Crippen molar-refractivity contribution in [2.75, 3.05) is 25.5 Å². The Morgan fingerprint density at radius 1 is 1.39 bits per heavy atom. The van der Waals surface area contributed by atoms with Crippen molar-refractivity contribution < 1.29 is 4.74 Å². The lowest BCUT2D eigenvalue weighted by atomic mass is 9.37. The smallest absolute Gasteiger partial charge is 0.0788 e. The highest BCUT2D eigenvalue weighted by Crippen LogP contribution is 2.71. The van der Waals surface area contributed by atoms with Crippen LogP contribution in [0.4, 0.5) is 5.69 Å². The molecule has 3 saturated heterocycles. The molecule has 4 aliphatic heterocycles. The molecule has 23 heavy (non-hydrogen) atoms. The Morgan fingerprint density at radius 3 is 3.13 bits per heavy atom. The quantitative estimate of drug-likeness (QED) is 0.807. The molecule has 3 nitrogen and oxygen atoms in total. The van der Waals surface area contributed by atoms with Gasteiger partial charge in [0.1, 0.15) is 0 Å². The minimum atomic E-state index is 0.174. The summed E-state index contributed by atoms with van der Waals surface area (Å²) < 4.78 is 6.39. The van der Waals surface area contributed by atoms with Crippen molar-refractivity contribution >= 4 is 5.69 Å². The van der Waals surface area contributed by atoms with Crippen molar-refractivity contribution in [3.8, 4) is 0 Å². The Bertz CT molecular complexity index is 717. The van der Waals surface area contributed by atoms with Crippen LogP contribution in [0.5, 0.6) is 0 Å². The summed E-state index contributed by atoms with van der Waals surface area (Å²) in [6, 6.07) is 10.0. The second kappa shape index (κ2) is 3.84. The average Bonchev–Trinajstić information content (AvgIpc) is 2.90. The fraction of sp³-hybridized carbons (Fsp3) is 0.600. The highest BCUT2D eigenvalue weighted by atomic mass is 16.5. The van der Waals surface area contributed by atoms with Crippen LogP contribution in [-0.4, -0.2) is 43.3 Å². The maximum Gasteiger partial charge on any atom is 0.0788 e. The van der Waals surface area contributed by atoms with Gasteiger partial charge in [-0.2, -0.15) is 0 Å². The first-order chi connectivity index (χ1) is 11.2. The molecule has 1 spiro atoms. The lowest BCUT2D eigenvalue weighted by Gasteiger charge is -2.73. The topological polar surface area (TPSA) is 24.5 Å². The summed E-state index contributed by atoms with van der Waals surface area (Å²) >= 11 is 0. The first-order valence-corrected chi connectivity index (χ1v) is 9.03. The lowest BCUT2D eigenvalue weighted by Crippen LogP contribution is -2.80. The SMILES string of the molecule is C=C[C@@]12CN(C)[C@H]3C[C@@]14c1ccccc1N[C@@H]4[C@@H]1C[C@@H]2[C@@H]3CO1. The first-order valence-electron chi connectivity index (χ1n) is 9.03. The number of para-hydroxylation sites is 1. The van der Waals surface area contributed by atoms with Crippen LogP contribution < -0.4 is 5.32 Å². The Morgan fingerprint density at radius 2 is 2.26 bits per heavy atom. The molecule has 2 aliphatic carbocycles. The molecule has 7 rings (SSSR count). The summed E-state index contributed by atoms with van der Waals surface area (Å²) in [5.41, 5.74) is 3.22. The van der Waals surface area contributed by atoms with Gasteiger partial charge in [0.15, 0.2) is 0 Å². The fourth-order valence-corrected chi connectivity index (χ4v) is 7.36. The molecule has 0 aromatic heterocycles. The summed E-state index contributed by atoms with van der Waals surface area (Å²) in [6.07, 6.45) is 5.16. The standard InChI is InChI=1S/C20H24N2O/c1-3-19-11-22(2)16-9-20(19)13-6-4-5-7-15(13)21-18(20)17-8-14(19)12(16)10-23-17/h3-7,12,14,16-18,21H,1,8-11H2,2H3/t12-,14+,16-,17-,18+,19-,20-/m0/s1. The number of piperidine rings is 2. The van der Waals surface area contributed by atoms with Crippen molar-refractivity contribution in [2.45, 2.75) is 36.4 Å². The number of fused-ring (bicyclic) bond motifs is 4. The van der Waals surface area contributed by atoms with E-state index in [1.54, 1.807) is 0 Å². The molecule has 0 amide bonds. The molecule has 3 heteroatoms. The van der Waals surface area contributed by atoms with Crippen LogP contribution in [-0.2, 0) is 10.2 Å². The van der Waals surface area contributed by atoms with Crippen LogP contribution in [0.25, 0.3) is 0 Å². The first kappa shape index (κ1) is 13.0. The molecule has 5 bridgehead atoms. The predicted molar refractivity (Wildman–Crippen MR) is 90.5 cm³/mol. The van der Waals surface area contributed by atoms with Gasteiger partial charge in [-0.05, 0) is 37.4 Å². The number of hydrogen-bond donors (Lipinski definition) is 1. The molecule has 4 heterocycles. The number of nitrogens with zero attached hydrogens (tertiary/aromatic N) is 1. The van der Waals surface area contributed by atoms with Crippen LogP contribution in [0.2, 0.25) is 0 Å². The van der Waals surface area contributed by atoms with E-state index in [-0.39, 0.29) is 10.8 Å². The maximum absolute atomic E-state index is 6.39. The third-order valence-electron chi connectivity index (χ3n) is 8.09. The van der Waals surface area contributed by atoms with Gasteiger partial charge in [0.25, 0.3) is 0 Å². The lowest BCUT2D eigenvalue weighted by molar-refractivity contribution is -0.240. The van der Waals surface area contributed by atoms with E-state index in [1.165, 1.54) is 24.1 Å². The van der Waals surface area contributed by atoms with E-state index in [0.717, 1.165) is 19.1 Å². The van der Waals surface area contributed by atoms with Gasteiger partial charge >= 0.3 is 0 Å². The van der Waals surface area contributed by atoms with Gasteiger partial charge in [-0.15, -0.1) is 6.58 Å². The molecule has 5 fully saturated rings. The van der Waals surface area contributed by atoms with Crippen molar-refractivity contribution in [3.63, 3.8) is 0 Å². The molecule has 1 N–H and O–H groups in total. The van der Waals surface area contributed by atoms with E-state index in [4.69, 9.17) is 4.74 Å². The van der Waals surface area contributed by atoms with Crippen LogP contribution in [0, 0.1) is 17.3 Å². The zero-order valence-electron chi connectivity index (χ0n) is 13.7. The molecule has 0 radical (unpaired) electrons. The molecule has 120 valence electrons. The number of anilines is 1. The zero-order valence-corrected chi connectivity index (χ0v) is 13.7. The second-order valence-corrected chi connectivity index (χ2v) is 8.45. The van der Waals surface area contributed by atoms with Crippen LogP contribution in [0.1, 0.15) is 18.4 Å². The third kappa shape index (κ3) is 1.17. The molecule has 7 atom stereocenters. The number of rotatable bonds is 1. The molecule has 1 aromatic carbocycles. The van der Waals surface area contributed by atoms with E-state index >= 15 is 0 Å². The van der Waals surface area contributed by atoms with Gasteiger partial charge in [-0.25, -0.2) is 0 Å². The Labute approximate surface area is 137 Å². The normalized spacial score (nSPS) is 52.0. The van der Waals surface area contributed by atoms with Crippen LogP contribution >= 0.6 is 0 Å². The summed E-state index contributed by atoms with van der Waals surface area (Å²) in [6.45, 7) is 6.47. The molecule has 0 unspecified atom stereocenters. The predicted octanol–water partition coefficient (Wildman–Crippen LogP) is 2.64. The van der Waals surface area contributed by atoms with Crippen LogP contribution in [0.3, 0.4) is 0 Å². The number of nitrogens with one attached hydrogen (secondary N) is 1. The number of ether oxygens (including phenoxy) is 1. The highest BCUT2D eigenvalue weighted by molar-refractivity contribution is 5.66. The average molecular weight is 308 g/mol.